The zero-order valence-electron chi connectivity index (χ0n) is 16.8. The molecule has 0 fully saturated rings. The molecule has 0 saturated heterocycles. The van der Waals surface area contributed by atoms with Gasteiger partial charge in [-0.25, -0.2) is 4.98 Å². The van der Waals surface area contributed by atoms with Gasteiger partial charge in [-0.15, -0.1) is 11.3 Å². The molecule has 0 saturated carbocycles. The Morgan fingerprint density at radius 1 is 1.16 bits per heavy atom. The Balaban J connectivity index is 1.56. The molecule has 11 heteroatoms. The summed E-state index contributed by atoms with van der Waals surface area (Å²) in [4.78, 5) is 17.1. The van der Waals surface area contributed by atoms with Gasteiger partial charge in [-0.1, -0.05) is 0 Å². The van der Waals surface area contributed by atoms with Crippen LogP contribution >= 0.6 is 11.3 Å². The number of ether oxygens (including phenoxy) is 1. The first-order chi connectivity index (χ1) is 15.3. The number of alkyl halides is 3. The number of aryl methyl sites for hydroxylation is 1. The summed E-state index contributed by atoms with van der Waals surface area (Å²) < 4.78 is 44.7. The van der Waals surface area contributed by atoms with Crippen molar-refractivity contribution in [2.45, 2.75) is 19.3 Å². The van der Waals surface area contributed by atoms with E-state index in [9.17, 15) is 18.0 Å². The summed E-state index contributed by atoms with van der Waals surface area (Å²) in [5.41, 5.74) is 2.11. The Morgan fingerprint density at radius 3 is 2.59 bits per heavy atom. The molecule has 3 aromatic heterocycles. The molecule has 1 aromatic carbocycles. The lowest BCUT2D eigenvalue weighted by atomic mass is 10.0. The number of halogens is 3. The topological polar surface area (TPSA) is 91.9 Å². The third kappa shape index (κ3) is 3.25. The Bertz CT molecular complexity index is 1340. The number of rotatable bonds is 3. The second-order valence-corrected chi connectivity index (χ2v) is 8.29. The summed E-state index contributed by atoms with van der Waals surface area (Å²) in [6.07, 6.45) is -3.60. The molecule has 1 unspecified atom stereocenters. The third-order valence-corrected chi connectivity index (χ3v) is 6.36. The smallest absolute Gasteiger partial charge is 0.433 e. The van der Waals surface area contributed by atoms with Gasteiger partial charge in [-0.2, -0.15) is 18.3 Å². The molecule has 164 valence electrons. The van der Waals surface area contributed by atoms with Crippen molar-refractivity contribution in [3.05, 3.63) is 58.2 Å². The molecule has 3 N–H and O–H groups in total. The van der Waals surface area contributed by atoms with E-state index in [1.807, 2.05) is 24.3 Å². The number of aromatic nitrogens is 3. The number of pyridine rings is 1. The van der Waals surface area contributed by atoms with E-state index < -0.39 is 18.0 Å². The third-order valence-electron chi connectivity index (χ3n) is 5.28. The van der Waals surface area contributed by atoms with Crippen LogP contribution in [0.3, 0.4) is 0 Å². The molecule has 7 nitrogen and oxygen atoms in total. The molecule has 1 aliphatic rings. The molecule has 1 aliphatic heterocycles. The van der Waals surface area contributed by atoms with Crippen LogP contribution < -0.4 is 15.4 Å². The number of aromatic amines is 1. The molecule has 0 radical (unpaired) electrons. The van der Waals surface area contributed by atoms with Crippen LogP contribution in [-0.4, -0.2) is 28.2 Å². The van der Waals surface area contributed by atoms with Gasteiger partial charge < -0.3 is 15.4 Å². The van der Waals surface area contributed by atoms with Crippen molar-refractivity contribution in [2.24, 2.45) is 0 Å². The van der Waals surface area contributed by atoms with E-state index in [-0.39, 0.29) is 10.7 Å². The minimum absolute atomic E-state index is 0.160. The number of nitrogens with zero attached hydrogens (tertiary/aromatic N) is 2. The van der Waals surface area contributed by atoms with Gasteiger partial charge in [0.2, 0.25) is 0 Å². The van der Waals surface area contributed by atoms with Gasteiger partial charge in [0.1, 0.15) is 27.3 Å². The lowest BCUT2D eigenvalue weighted by molar-refractivity contribution is -0.141. The highest BCUT2D eigenvalue weighted by molar-refractivity contribution is 7.21. The maximum atomic E-state index is 13.2. The molecule has 32 heavy (non-hydrogen) atoms. The predicted octanol–water partition coefficient (Wildman–Crippen LogP) is 4.88. The summed E-state index contributed by atoms with van der Waals surface area (Å²) in [6, 6.07) is 8.34. The fourth-order valence-corrected chi connectivity index (χ4v) is 4.88. The lowest BCUT2D eigenvalue weighted by Crippen LogP contribution is -2.37. The predicted molar refractivity (Wildman–Crippen MR) is 114 cm³/mol. The van der Waals surface area contributed by atoms with Crippen molar-refractivity contribution in [3.8, 4) is 17.0 Å². The molecule has 4 aromatic rings. The van der Waals surface area contributed by atoms with Crippen LogP contribution in [0.25, 0.3) is 21.5 Å². The number of carbonyl (C=O) groups is 1. The van der Waals surface area contributed by atoms with Gasteiger partial charge in [-0.3, -0.25) is 9.89 Å². The maximum absolute atomic E-state index is 13.2. The van der Waals surface area contributed by atoms with Gasteiger partial charge in [0, 0.05) is 16.5 Å². The van der Waals surface area contributed by atoms with E-state index in [0.29, 0.717) is 38.5 Å². The number of carbonyl (C=O) groups excluding carboxylic acids is 1. The Morgan fingerprint density at radius 2 is 1.91 bits per heavy atom. The van der Waals surface area contributed by atoms with Crippen LogP contribution in [0, 0.1) is 6.92 Å². The van der Waals surface area contributed by atoms with Crippen LogP contribution in [0.1, 0.15) is 32.7 Å². The first-order valence-corrected chi connectivity index (χ1v) is 10.3. The highest BCUT2D eigenvalue weighted by Gasteiger charge is 2.36. The van der Waals surface area contributed by atoms with E-state index in [0.717, 1.165) is 23.0 Å². The van der Waals surface area contributed by atoms with E-state index in [1.165, 1.54) is 0 Å². The Labute approximate surface area is 183 Å². The monoisotopic (exact) mass is 459 g/mol. The van der Waals surface area contributed by atoms with Crippen LogP contribution in [0.2, 0.25) is 0 Å². The largest absolute Gasteiger partial charge is 0.497 e. The number of hydrogen-bond acceptors (Lipinski definition) is 6. The van der Waals surface area contributed by atoms with Gasteiger partial charge in [0.05, 0.1) is 24.7 Å². The molecular weight excluding hydrogens is 443 g/mol. The van der Waals surface area contributed by atoms with Crippen molar-refractivity contribution in [1.29, 1.82) is 0 Å². The van der Waals surface area contributed by atoms with Gasteiger partial charge in [0.15, 0.2) is 0 Å². The lowest BCUT2D eigenvalue weighted by Gasteiger charge is -2.26. The fourth-order valence-electron chi connectivity index (χ4n) is 3.76. The molecule has 4 heterocycles. The number of amides is 1. The van der Waals surface area contributed by atoms with Crippen LogP contribution in [0.5, 0.6) is 5.75 Å². The zero-order chi connectivity index (χ0) is 22.6. The summed E-state index contributed by atoms with van der Waals surface area (Å²) >= 11 is 0.933. The normalized spacial score (nSPS) is 15.9. The molecule has 0 bridgehead atoms. The molecule has 1 amide bonds. The van der Waals surface area contributed by atoms with E-state index in [4.69, 9.17) is 4.74 Å². The number of fused-ring (bicyclic) bond motifs is 3. The second kappa shape index (κ2) is 7.23. The zero-order valence-corrected chi connectivity index (χ0v) is 17.6. The van der Waals surface area contributed by atoms with Crippen molar-refractivity contribution >= 4 is 33.1 Å². The van der Waals surface area contributed by atoms with Crippen molar-refractivity contribution in [3.63, 3.8) is 0 Å². The van der Waals surface area contributed by atoms with Crippen molar-refractivity contribution in [1.82, 2.24) is 20.5 Å². The number of anilines is 1. The summed E-state index contributed by atoms with van der Waals surface area (Å²) in [5.74, 6) is 0.316. The Hall–Kier alpha value is -3.60. The first kappa shape index (κ1) is 20.3. The second-order valence-electron chi connectivity index (χ2n) is 7.29. The fraction of sp³-hybridized carbons (Fsp3) is 0.190. The number of H-pyrrole nitrogens is 1. The van der Waals surface area contributed by atoms with E-state index >= 15 is 0 Å². The molecule has 0 spiro atoms. The van der Waals surface area contributed by atoms with E-state index in [1.54, 1.807) is 20.2 Å². The maximum Gasteiger partial charge on any atom is 0.433 e. The van der Waals surface area contributed by atoms with Crippen molar-refractivity contribution < 1.29 is 22.7 Å². The van der Waals surface area contributed by atoms with E-state index in [2.05, 4.69) is 25.8 Å². The molecule has 5 rings (SSSR count). The number of methoxy groups -OCH3 is 1. The Kier molecular flexibility index (Phi) is 4.59. The number of nitrogens with one attached hydrogen (secondary N) is 3. The minimum Gasteiger partial charge on any atom is -0.497 e. The number of hydrogen-bond donors (Lipinski definition) is 3. The quantitative estimate of drug-likeness (QED) is 0.406. The van der Waals surface area contributed by atoms with Crippen LogP contribution in [-0.2, 0) is 6.18 Å². The van der Waals surface area contributed by atoms with Gasteiger partial charge in [-0.05, 0) is 42.8 Å². The highest BCUT2D eigenvalue weighted by Crippen LogP contribution is 2.43. The van der Waals surface area contributed by atoms with Gasteiger partial charge in [0.25, 0.3) is 5.91 Å². The van der Waals surface area contributed by atoms with Gasteiger partial charge >= 0.3 is 6.18 Å². The molecule has 0 aliphatic carbocycles. The average Bonchev–Trinajstić information content (AvgIpc) is 3.38. The average molecular weight is 459 g/mol. The van der Waals surface area contributed by atoms with Crippen LogP contribution in [0.15, 0.2) is 36.5 Å². The SMILES string of the molecule is COc1ccc(-c2[nH]ncc2C2NC(=O)c3sc4nc(C(F)(F)F)cc(C)c4c3N2)cc1. The van der Waals surface area contributed by atoms with Crippen LogP contribution in [0.4, 0.5) is 18.9 Å². The molecular formula is C21H16F3N5O2S. The first-order valence-electron chi connectivity index (χ1n) is 9.52. The molecule has 1 atom stereocenters. The number of benzene rings is 1. The summed E-state index contributed by atoms with van der Waals surface area (Å²) in [6.45, 7) is 1.58. The highest BCUT2D eigenvalue weighted by atomic mass is 32.1. The standard InChI is InChI=1S/C21H16F3N5O2S/c1-9-7-13(21(22,23)24)26-20-14(9)16-17(32-20)19(30)28-18(27-16)12-8-25-29-15(12)10-3-5-11(31-2)6-4-10/h3-8,18,27H,1-2H3,(H,25,29)(H,28,30). The number of thiophene rings is 1. The van der Waals surface area contributed by atoms with Crippen molar-refractivity contribution in [2.75, 3.05) is 12.4 Å². The summed E-state index contributed by atoms with van der Waals surface area (Å²) in [7, 11) is 1.58. The summed E-state index contributed by atoms with van der Waals surface area (Å²) in [5, 5.41) is 13.7. The minimum atomic E-state index is -4.56.